The molecule has 1 aromatic carbocycles. The minimum absolute atomic E-state index is 0.193. The Balaban J connectivity index is 1.48. The first-order valence-corrected chi connectivity index (χ1v) is 11.8. The number of esters is 1. The second-order valence-electron chi connectivity index (χ2n) is 8.84. The number of furan rings is 1. The van der Waals surface area contributed by atoms with E-state index in [1.807, 2.05) is 17.5 Å². The van der Waals surface area contributed by atoms with Crippen molar-refractivity contribution in [2.45, 2.75) is 44.1 Å². The second kappa shape index (κ2) is 7.93. The Labute approximate surface area is 186 Å². The Morgan fingerprint density at radius 3 is 2.58 bits per heavy atom. The Bertz CT molecular complexity index is 973. The van der Waals surface area contributed by atoms with Crippen molar-refractivity contribution >= 4 is 17.3 Å². The number of fused-ring (bicyclic) bond motifs is 3. The Morgan fingerprint density at radius 2 is 1.94 bits per heavy atom. The first kappa shape index (κ1) is 20.5. The van der Waals surface area contributed by atoms with Crippen molar-refractivity contribution in [1.82, 2.24) is 0 Å². The number of quaternary nitrogens is 1. The van der Waals surface area contributed by atoms with Crippen LogP contribution in [0.3, 0.4) is 0 Å². The first-order valence-electron chi connectivity index (χ1n) is 11.0. The molecule has 5 nitrogen and oxygen atoms in total. The fraction of sp³-hybridized carbons (Fsp3) is 0.400. The second-order valence-corrected chi connectivity index (χ2v) is 9.79. The summed E-state index contributed by atoms with van der Waals surface area (Å²) in [5, 5.41) is 13.4. The summed E-state index contributed by atoms with van der Waals surface area (Å²) in [5.41, 5.74) is -0.682. The van der Waals surface area contributed by atoms with Crippen LogP contribution in [0.4, 0.5) is 0 Å². The van der Waals surface area contributed by atoms with Gasteiger partial charge in [-0.1, -0.05) is 36.4 Å². The summed E-state index contributed by atoms with van der Waals surface area (Å²) in [6.45, 7) is 4.20. The van der Waals surface area contributed by atoms with Gasteiger partial charge in [0.15, 0.2) is 5.76 Å². The summed E-state index contributed by atoms with van der Waals surface area (Å²) in [4.78, 5) is 14.1. The van der Waals surface area contributed by atoms with Crippen LogP contribution in [-0.2, 0) is 15.1 Å². The summed E-state index contributed by atoms with van der Waals surface area (Å²) >= 11 is 1.32. The number of rotatable bonds is 6. The zero-order valence-electron chi connectivity index (χ0n) is 17.6. The van der Waals surface area contributed by atoms with Gasteiger partial charge in [0.05, 0.1) is 24.2 Å². The molecule has 6 rings (SSSR count). The maximum atomic E-state index is 13.6. The highest BCUT2D eigenvalue weighted by atomic mass is 32.1. The minimum Gasteiger partial charge on any atom is -0.465 e. The molecule has 2 aromatic heterocycles. The molecular weight excluding hydrogens is 410 g/mol. The van der Waals surface area contributed by atoms with Crippen molar-refractivity contribution in [2.24, 2.45) is 5.92 Å². The molecule has 3 aliphatic rings. The van der Waals surface area contributed by atoms with Gasteiger partial charge in [0.2, 0.25) is 6.23 Å². The third-order valence-corrected chi connectivity index (χ3v) is 8.34. The number of nitrogens with zero attached hydrogens (tertiary/aromatic N) is 1. The number of piperidine rings is 3. The van der Waals surface area contributed by atoms with E-state index in [4.69, 9.17) is 9.15 Å². The van der Waals surface area contributed by atoms with Crippen molar-refractivity contribution < 1.29 is 23.5 Å². The molecule has 0 radical (unpaired) electrons. The zero-order chi connectivity index (χ0) is 21.5. The van der Waals surface area contributed by atoms with Gasteiger partial charge in [-0.05, 0) is 36.4 Å². The number of hydrogen-bond donors (Lipinski definition) is 1. The summed E-state index contributed by atoms with van der Waals surface area (Å²) in [7, 11) is 0. The summed E-state index contributed by atoms with van der Waals surface area (Å²) in [6, 6.07) is 17.5. The maximum Gasteiger partial charge on any atom is 0.356 e. The molecule has 31 heavy (non-hydrogen) atoms. The average molecular weight is 439 g/mol. The Morgan fingerprint density at radius 1 is 1.16 bits per heavy atom. The molecule has 3 aromatic rings. The molecule has 2 unspecified atom stereocenters. The van der Waals surface area contributed by atoms with Crippen LogP contribution in [-0.4, -0.2) is 34.9 Å². The van der Waals surface area contributed by atoms with Crippen LogP contribution >= 0.6 is 11.3 Å². The van der Waals surface area contributed by atoms with Crippen LogP contribution in [0.1, 0.15) is 48.4 Å². The predicted octanol–water partition coefficient (Wildman–Crippen LogP) is 4.84. The average Bonchev–Trinajstić information content (AvgIpc) is 3.54. The highest BCUT2D eigenvalue weighted by Gasteiger charge is 2.55. The third kappa shape index (κ3) is 3.34. The number of carbonyl (C=O) groups is 1. The molecule has 1 N–H and O–H groups in total. The fourth-order valence-corrected chi connectivity index (χ4v) is 6.25. The molecule has 0 aliphatic carbocycles. The van der Waals surface area contributed by atoms with Crippen molar-refractivity contribution in [3.8, 4) is 0 Å². The van der Waals surface area contributed by atoms with Crippen molar-refractivity contribution in [2.75, 3.05) is 13.1 Å². The number of thiophene rings is 1. The molecule has 2 bridgehead atoms. The molecule has 0 amide bonds. The number of benzene rings is 1. The van der Waals surface area contributed by atoms with Crippen LogP contribution in [0.15, 0.2) is 70.7 Å². The van der Waals surface area contributed by atoms with Crippen molar-refractivity contribution in [1.29, 1.82) is 0 Å². The van der Waals surface area contributed by atoms with Crippen LogP contribution < -0.4 is 0 Å². The van der Waals surface area contributed by atoms with Crippen LogP contribution in [0.25, 0.3) is 0 Å². The molecule has 3 saturated heterocycles. The smallest absolute Gasteiger partial charge is 0.356 e. The van der Waals surface area contributed by atoms with Crippen LogP contribution in [0, 0.1) is 5.92 Å². The van der Waals surface area contributed by atoms with Gasteiger partial charge in [-0.15, -0.1) is 11.3 Å². The molecule has 0 spiro atoms. The van der Waals surface area contributed by atoms with E-state index in [9.17, 15) is 9.90 Å². The Kier molecular flexibility index (Phi) is 5.24. The molecule has 3 atom stereocenters. The molecule has 0 saturated carbocycles. The van der Waals surface area contributed by atoms with Gasteiger partial charge in [0.1, 0.15) is 6.04 Å². The van der Waals surface area contributed by atoms with E-state index in [2.05, 4.69) is 31.2 Å². The van der Waals surface area contributed by atoms with Crippen LogP contribution in [0.5, 0.6) is 0 Å². The topological polar surface area (TPSA) is 59.7 Å². The summed E-state index contributed by atoms with van der Waals surface area (Å²) < 4.78 is 12.4. The number of aliphatic hydroxyl groups is 1. The van der Waals surface area contributed by atoms with E-state index in [1.165, 1.54) is 23.2 Å². The van der Waals surface area contributed by atoms with Gasteiger partial charge >= 0.3 is 5.97 Å². The van der Waals surface area contributed by atoms with E-state index in [1.54, 1.807) is 18.2 Å². The lowest BCUT2D eigenvalue weighted by Crippen LogP contribution is -2.66. The fourth-order valence-electron chi connectivity index (χ4n) is 5.44. The monoisotopic (exact) mass is 438 g/mol. The standard InChI is InChI=1S/C25H28NO4S/c1-18(20-7-3-2-4-8-20)26-13-11-19(12-14-26)17-23(26)30-24(27)25(28,21-9-5-15-29-21)22-10-6-16-31-22/h2-10,15-16,18-19,23,28H,11-14,17H2,1H3/q+1/t18?,19?,23-,25?,26?/m1/s1. The lowest BCUT2D eigenvalue weighted by Gasteiger charge is -2.56. The minimum atomic E-state index is -1.94. The molecule has 6 heteroatoms. The lowest BCUT2D eigenvalue weighted by atomic mass is 9.82. The molecule has 3 aliphatic heterocycles. The highest BCUT2D eigenvalue weighted by Crippen LogP contribution is 2.46. The van der Waals surface area contributed by atoms with Crippen LogP contribution in [0.2, 0.25) is 0 Å². The summed E-state index contributed by atoms with van der Waals surface area (Å²) in [5.74, 6) is 0.109. The Hall–Kier alpha value is -2.41. The SMILES string of the molecule is CC(c1ccccc1)[N+]12CCC(CC1)C[C@H]2OC(=O)C(O)(c1ccco1)c1cccs1. The van der Waals surface area contributed by atoms with Gasteiger partial charge in [-0.2, -0.15) is 0 Å². The molecule has 3 fully saturated rings. The van der Waals surface area contributed by atoms with E-state index in [-0.39, 0.29) is 18.0 Å². The van der Waals surface area contributed by atoms with E-state index in [0.717, 1.165) is 36.8 Å². The van der Waals surface area contributed by atoms with E-state index >= 15 is 0 Å². The lowest BCUT2D eigenvalue weighted by molar-refractivity contribution is -1.01. The largest absolute Gasteiger partial charge is 0.465 e. The number of carbonyl (C=O) groups excluding carboxylic acids is 1. The maximum absolute atomic E-state index is 13.6. The van der Waals surface area contributed by atoms with Gasteiger partial charge in [-0.3, -0.25) is 4.48 Å². The third-order valence-electron chi connectivity index (χ3n) is 7.36. The van der Waals surface area contributed by atoms with E-state index < -0.39 is 11.6 Å². The zero-order valence-corrected chi connectivity index (χ0v) is 18.5. The normalized spacial score (nSPS) is 28.1. The van der Waals surface area contributed by atoms with Gasteiger partial charge in [0, 0.05) is 24.8 Å². The quantitative estimate of drug-likeness (QED) is 0.442. The van der Waals surface area contributed by atoms with Crippen molar-refractivity contribution in [3.63, 3.8) is 0 Å². The van der Waals surface area contributed by atoms with E-state index in [0.29, 0.717) is 10.8 Å². The number of ether oxygens (including phenoxy) is 1. The van der Waals surface area contributed by atoms with Gasteiger partial charge < -0.3 is 14.3 Å². The molecular formula is C25H28NO4S+. The molecule has 162 valence electrons. The number of hydrogen-bond acceptors (Lipinski definition) is 5. The van der Waals surface area contributed by atoms with Crippen molar-refractivity contribution in [3.05, 3.63) is 82.4 Å². The molecule has 5 heterocycles. The first-order chi connectivity index (χ1) is 15.0. The summed E-state index contributed by atoms with van der Waals surface area (Å²) in [6.07, 6.45) is 4.33. The van der Waals surface area contributed by atoms with Gasteiger partial charge in [-0.25, -0.2) is 4.79 Å². The predicted molar refractivity (Wildman–Crippen MR) is 118 cm³/mol. The van der Waals surface area contributed by atoms with Gasteiger partial charge in [0.25, 0.3) is 5.60 Å². The highest BCUT2D eigenvalue weighted by molar-refractivity contribution is 7.10.